The second kappa shape index (κ2) is 17.2. The highest BCUT2D eigenvalue weighted by molar-refractivity contribution is 6.32. The highest BCUT2D eigenvalue weighted by Gasteiger charge is 2.36. The first-order valence-electron chi connectivity index (χ1n) is 19.0. The molecule has 0 spiro atoms. The highest BCUT2D eigenvalue weighted by Crippen LogP contribution is 2.32. The zero-order chi connectivity index (χ0) is 36.7. The van der Waals surface area contributed by atoms with Crippen LogP contribution in [0.5, 0.6) is 5.75 Å². The van der Waals surface area contributed by atoms with Crippen molar-refractivity contribution in [2.45, 2.75) is 70.2 Å². The number of carbonyl (C=O) groups is 3. The SMILES string of the molecule is Cc1cc(CC(OC(=O)N2CCC(N3CCc4ccccc4NC3=O)CC2)C(=O)N2CCN(C3CCOCC3)CC2)cc(Cl)c1OCc1ccccc1. The maximum atomic E-state index is 14.2. The Morgan fingerprint density at radius 3 is 2.30 bits per heavy atom. The van der Waals surface area contributed by atoms with E-state index < -0.39 is 12.2 Å². The number of aryl methyl sites for hydroxylation is 1. The number of ether oxygens (including phenoxy) is 3. The minimum atomic E-state index is -1.02. The maximum absolute atomic E-state index is 14.2. The molecule has 1 unspecified atom stereocenters. The Labute approximate surface area is 317 Å². The van der Waals surface area contributed by atoms with Crippen LogP contribution < -0.4 is 10.1 Å². The molecule has 7 rings (SSSR count). The van der Waals surface area contributed by atoms with E-state index in [2.05, 4.69) is 10.2 Å². The van der Waals surface area contributed by atoms with Gasteiger partial charge in [0.05, 0.1) is 5.02 Å². The van der Waals surface area contributed by atoms with Crippen molar-refractivity contribution < 1.29 is 28.6 Å². The number of carbonyl (C=O) groups excluding carboxylic acids is 3. The van der Waals surface area contributed by atoms with Gasteiger partial charge in [-0.3, -0.25) is 9.69 Å². The fourth-order valence-corrected chi connectivity index (χ4v) is 8.43. The van der Waals surface area contributed by atoms with E-state index in [1.807, 2.05) is 83.5 Å². The van der Waals surface area contributed by atoms with Gasteiger partial charge in [-0.2, -0.15) is 0 Å². The van der Waals surface area contributed by atoms with E-state index in [1.165, 1.54) is 0 Å². The average molecular weight is 744 g/mol. The van der Waals surface area contributed by atoms with Gasteiger partial charge in [-0.1, -0.05) is 66.2 Å². The third-order valence-electron chi connectivity index (χ3n) is 11.1. The minimum Gasteiger partial charge on any atom is -0.487 e. The quantitative estimate of drug-likeness (QED) is 0.281. The predicted octanol–water partition coefficient (Wildman–Crippen LogP) is 6.15. The fraction of sp³-hybridized carbons (Fsp3) is 0.488. The number of halogens is 1. The highest BCUT2D eigenvalue weighted by atomic mass is 35.5. The normalized spacial score (nSPS) is 19.6. The van der Waals surface area contributed by atoms with Crippen LogP contribution in [0.25, 0.3) is 0 Å². The molecule has 12 heteroatoms. The number of piperidine rings is 1. The number of rotatable bonds is 9. The van der Waals surface area contributed by atoms with Crippen molar-refractivity contribution in [2.24, 2.45) is 0 Å². The van der Waals surface area contributed by atoms with Gasteiger partial charge in [-0.15, -0.1) is 0 Å². The fourth-order valence-electron chi connectivity index (χ4n) is 8.08. The number of hydrogen-bond acceptors (Lipinski definition) is 7. The number of benzene rings is 3. The zero-order valence-corrected chi connectivity index (χ0v) is 31.3. The molecule has 4 aliphatic heterocycles. The lowest BCUT2D eigenvalue weighted by Crippen LogP contribution is -2.56. The smallest absolute Gasteiger partial charge is 0.410 e. The van der Waals surface area contributed by atoms with Crippen LogP contribution >= 0.6 is 11.6 Å². The van der Waals surface area contributed by atoms with E-state index in [-0.39, 0.29) is 24.4 Å². The number of fused-ring (bicyclic) bond motifs is 1. The van der Waals surface area contributed by atoms with Crippen molar-refractivity contribution in [1.29, 1.82) is 0 Å². The molecule has 1 atom stereocenters. The maximum Gasteiger partial charge on any atom is 0.410 e. The Morgan fingerprint density at radius 1 is 0.849 bits per heavy atom. The van der Waals surface area contributed by atoms with Crippen LogP contribution in [0.1, 0.15) is 47.9 Å². The van der Waals surface area contributed by atoms with E-state index in [4.69, 9.17) is 25.8 Å². The Bertz CT molecular complexity index is 1710. The molecular weight excluding hydrogens is 694 g/mol. The number of urea groups is 1. The summed E-state index contributed by atoms with van der Waals surface area (Å²) in [6, 6.07) is 21.9. The van der Waals surface area contributed by atoms with E-state index in [0.717, 1.165) is 73.5 Å². The van der Waals surface area contributed by atoms with Crippen molar-refractivity contribution in [3.8, 4) is 5.75 Å². The molecule has 0 aliphatic carbocycles. The summed E-state index contributed by atoms with van der Waals surface area (Å²) in [7, 11) is 0. The molecule has 0 radical (unpaired) electrons. The molecule has 3 fully saturated rings. The summed E-state index contributed by atoms with van der Waals surface area (Å²) in [4.78, 5) is 49.0. The van der Waals surface area contributed by atoms with Gasteiger partial charge in [-0.05, 0) is 73.4 Å². The van der Waals surface area contributed by atoms with Crippen LogP contribution in [0.15, 0.2) is 66.7 Å². The standard InChI is InChI=1S/C41H50ClN5O6/c1-29-25-31(26-35(42)38(29)52-28-30-7-3-2-4-8-30)27-37(39(48)45-21-19-44(20-22-45)33-14-23-51-24-15-33)53-41(50)46-16-12-34(13-17-46)47-18-11-32-9-5-6-10-36(32)43-40(47)49/h2-10,25-26,33-34,37H,11-24,27-28H2,1H3,(H,43,49). The first-order valence-corrected chi connectivity index (χ1v) is 19.4. The lowest BCUT2D eigenvalue weighted by Gasteiger charge is -2.41. The number of nitrogens with one attached hydrogen (secondary N) is 1. The molecule has 4 heterocycles. The van der Waals surface area contributed by atoms with Crippen LogP contribution in [-0.2, 0) is 33.7 Å². The van der Waals surface area contributed by atoms with E-state index in [9.17, 15) is 14.4 Å². The van der Waals surface area contributed by atoms with Crippen LogP contribution in [-0.4, -0.2) is 115 Å². The van der Waals surface area contributed by atoms with Crippen molar-refractivity contribution in [3.63, 3.8) is 0 Å². The summed E-state index contributed by atoms with van der Waals surface area (Å²) in [5, 5.41) is 3.50. The number of amides is 4. The largest absolute Gasteiger partial charge is 0.487 e. The molecule has 0 aromatic heterocycles. The van der Waals surface area contributed by atoms with Gasteiger partial charge >= 0.3 is 12.1 Å². The van der Waals surface area contributed by atoms with Crippen molar-refractivity contribution in [1.82, 2.24) is 19.6 Å². The number of nitrogens with zero attached hydrogens (tertiary/aromatic N) is 4. The van der Waals surface area contributed by atoms with Gasteiger partial charge in [0.1, 0.15) is 12.4 Å². The summed E-state index contributed by atoms with van der Waals surface area (Å²) in [6.45, 7) is 8.05. The topological polar surface area (TPSA) is 104 Å². The van der Waals surface area contributed by atoms with Gasteiger partial charge in [0.15, 0.2) is 6.10 Å². The molecule has 4 amide bonds. The number of piperazine rings is 1. The first-order chi connectivity index (χ1) is 25.8. The van der Waals surface area contributed by atoms with E-state index in [1.54, 1.807) is 4.90 Å². The van der Waals surface area contributed by atoms with Gasteiger partial charge in [-0.25, -0.2) is 9.59 Å². The molecule has 3 aromatic carbocycles. The Kier molecular flexibility index (Phi) is 12.0. The van der Waals surface area contributed by atoms with E-state index in [0.29, 0.717) is 69.0 Å². The average Bonchev–Trinajstić information content (AvgIpc) is 3.36. The number of para-hydroxylation sites is 1. The molecule has 53 heavy (non-hydrogen) atoms. The summed E-state index contributed by atoms with van der Waals surface area (Å²) < 4.78 is 17.8. The molecule has 3 saturated heterocycles. The molecule has 0 bridgehead atoms. The molecule has 0 saturated carbocycles. The van der Waals surface area contributed by atoms with Gasteiger partial charge in [0.25, 0.3) is 5.91 Å². The Balaban J connectivity index is 1.01. The summed E-state index contributed by atoms with van der Waals surface area (Å²) in [6.07, 6.45) is 2.70. The molecule has 282 valence electrons. The monoisotopic (exact) mass is 743 g/mol. The van der Waals surface area contributed by atoms with Gasteiger partial charge in [0.2, 0.25) is 0 Å². The summed E-state index contributed by atoms with van der Waals surface area (Å²) >= 11 is 6.77. The lowest BCUT2D eigenvalue weighted by atomic mass is 10.0. The number of likely N-dealkylation sites (tertiary alicyclic amines) is 1. The molecule has 11 nitrogen and oxygen atoms in total. The van der Waals surface area contributed by atoms with Crippen LogP contribution in [0, 0.1) is 6.92 Å². The van der Waals surface area contributed by atoms with Crippen LogP contribution in [0.3, 0.4) is 0 Å². The van der Waals surface area contributed by atoms with Crippen molar-refractivity contribution >= 4 is 35.3 Å². The first kappa shape index (κ1) is 37.0. The molecule has 3 aromatic rings. The van der Waals surface area contributed by atoms with Crippen molar-refractivity contribution in [2.75, 3.05) is 64.3 Å². The number of anilines is 1. The zero-order valence-electron chi connectivity index (χ0n) is 30.5. The molecular formula is C41H50ClN5O6. The second-order valence-electron chi connectivity index (χ2n) is 14.5. The lowest BCUT2D eigenvalue weighted by molar-refractivity contribution is -0.143. The second-order valence-corrected chi connectivity index (χ2v) is 14.9. The Hall–Kier alpha value is -4.32. The van der Waals surface area contributed by atoms with Crippen LogP contribution in [0.2, 0.25) is 5.02 Å². The van der Waals surface area contributed by atoms with Gasteiger partial charge < -0.3 is 34.2 Å². The third-order valence-corrected chi connectivity index (χ3v) is 11.4. The van der Waals surface area contributed by atoms with Gasteiger partial charge in [0, 0.05) is 83.2 Å². The summed E-state index contributed by atoms with van der Waals surface area (Å²) in [5.74, 6) is 0.395. The summed E-state index contributed by atoms with van der Waals surface area (Å²) in [5.41, 5.74) is 4.64. The predicted molar refractivity (Wildman–Crippen MR) is 203 cm³/mol. The Morgan fingerprint density at radius 2 is 1.57 bits per heavy atom. The molecule has 4 aliphatic rings. The number of hydrogen-bond donors (Lipinski definition) is 1. The van der Waals surface area contributed by atoms with Crippen molar-refractivity contribution in [3.05, 3.63) is 94.0 Å². The van der Waals surface area contributed by atoms with E-state index >= 15 is 0 Å². The van der Waals surface area contributed by atoms with Crippen LogP contribution in [0.4, 0.5) is 15.3 Å². The third kappa shape index (κ3) is 9.08. The minimum absolute atomic E-state index is 0.00514. The molecule has 1 N–H and O–H groups in total.